The van der Waals surface area contributed by atoms with E-state index in [2.05, 4.69) is 15.2 Å². The first-order valence-electron chi connectivity index (χ1n) is 7.21. The largest absolute Gasteiger partial charge is 0.396 e. The average molecular weight is 302 g/mol. The first-order chi connectivity index (χ1) is 10.8. The third-order valence-corrected chi connectivity index (χ3v) is 3.70. The number of ether oxygens (including phenoxy) is 1. The molecule has 0 spiro atoms. The lowest BCUT2D eigenvalue weighted by molar-refractivity contribution is 0.0728. The van der Waals surface area contributed by atoms with Crippen molar-refractivity contribution in [1.29, 1.82) is 0 Å². The Morgan fingerprint density at radius 2 is 2.23 bits per heavy atom. The van der Waals surface area contributed by atoms with Gasteiger partial charge in [-0.3, -0.25) is 9.89 Å². The summed E-state index contributed by atoms with van der Waals surface area (Å²) in [6.45, 7) is 2.07. The van der Waals surface area contributed by atoms with Gasteiger partial charge in [0.15, 0.2) is 5.82 Å². The zero-order valence-corrected chi connectivity index (χ0v) is 12.1. The van der Waals surface area contributed by atoms with Gasteiger partial charge in [0.25, 0.3) is 5.91 Å². The van der Waals surface area contributed by atoms with Crippen molar-refractivity contribution in [2.45, 2.75) is 0 Å². The molecule has 7 heteroatoms. The average Bonchev–Trinajstić information content (AvgIpc) is 2.99. The van der Waals surface area contributed by atoms with Crippen LogP contribution < -0.4 is 0 Å². The van der Waals surface area contributed by atoms with Crippen LogP contribution in [0.5, 0.6) is 0 Å². The second kappa shape index (κ2) is 6.67. The number of aromatic nitrogens is 3. The standard InChI is InChI=1S/C15H18N4O3/c20-8-11-7-19(5-6-22-9-11)15(21)13-3-1-12(2-4-13)14-16-10-17-18-14/h1-4,10-11,20H,5-9H2,(H,16,17,18)/t11-/m0/s1. The summed E-state index contributed by atoms with van der Waals surface area (Å²) < 4.78 is 5.41. The van der Waals surface area contributed by atoms with Gasteiger partial charge in [0.05, 0.1) is 13.2 Å². The Hall–Kier alpha value is -2.25. The van der Waals surface area contributed by atoms with Gasteiger partial charge in [0.1, 0.15) is 6.33 Å². The molecule has 2 heterocycles. The number of benzene rings is 1. The molecule has 1 aliphatic heterocycles. The van der Waals surface area contributed by atoms with Gasteiger partial charge in [-0.1, -0.05) is 12.1 Å². The van der Waals surface area contributed by atoms with E-state index in [-0.39, 0.29) is 18.4 Å². The normalized spacial score (nSPS) is 19.0. The number of hydrogen-bond acceptors (Lipinski definition) is 5. The summed E-state index contributed by atoms with van der Waals surface area (Å²) in [7, 11) is 0. The molecule has 1 aromatic carbocycles. The first-order valence-corrected chi connectivity index (χ1v) is 7.21. The van der Waals surface area contributed by atoms with E-state index in [9.17, 15) is 9.90 Å². The van der Waals surface area contributed by atoms with Crippen LogP contribution in [0.25, 0.3) is 11.4 Å². The van der Waals surface area contributed by atoms with Crippen molar-refractivity contribution in [3.63, 3.8) is 0 Å². The van der Waals surface area contributed by atoms with Crippen LogP contribution in [0.3, 0.4) is 0 Å². The molecule has 0 radical (unpaired) electrons. The van der Waals surface area contributed by atoms with Crippen molar-refractivity contribution in [3.8, 4) is 11.4 Å². The van der Waals surface area contributed by atoms with Crippen molar-refractivity contribution in [1.82, 2.24) is 20.1 Å². The van der Waals surface area contributed by atoms with Gasteiger partial charge in [-0.05, 0) is 12.1 Å². The molecule has 2 aromatic rings. The number of nitrogens with one attached hydrogen (secondary N) is 1. The van der Waals surface area contributed by atoms with Crippen LogP contribution >= 0.6 is 0 Å². The van der Waals surface area contributed by atoms with Gasteiger partial charge < -0.3 is 14.7 Å². The minimum atomic E-state index is -0.0481. The summed E-state index contributed by atoms with van der Waals surface area (Å²) >= 11 is 0. The van der Waals surface area contributed by atoms with E-state index in [4.69, 9.17) is 4.74 Å². The Bertz CT molecular complexity index is 612. The van der Waals surface area contributed by atoms with Crippen LogP contribution in [0.2, 0.25) is 0 Å². The van der Waals surface area contributed by atoms with Crippen molar-refractivity contribution < 1.29 is 14.6 Å². The maximum atomic E-state index is 12.6. The fraction of sp³-hybridized carbons (Fsp3) is 0.400. The lowest BCUT2D eigenvalue weighted by Crippen LogP contribution is -2.36. The van der Waals surface area contributed by atoms with Crippen LogP contribution in [-0.2, 0) is 4.74 Å². The number of nitrogens with zero attached hydrogens (tertiary/aromatic N) is 3. The van der Waals surface area contributed by atoms with E-state index in [0.717, 1.165) is 5.56 Å². The highest BCUT2D eigenvalue weighted by Crippen LogP contribution is 2.17. The second-order valence-electron chi connectivity index (χ2n) is 5.29. The molecular weight excluding hydrogens is 284 g/mol. The predicted octanol–water partition coefficient (Wildman–Crippen LogP) is 0.553. The number of aliphatic hydroxyl groups is 1. The van der Waals surface area contributed by atoms with Crippen LogP contribution in [0.15, 0.2) is 30.6 Å². The summed E-state index contributed by atoms with van der Waals surface area (Å²) in [5, 5.41) is 15.9. The van der Waals surface area contributed by atoms with E-state index in [0.29, 0.717) is 37.7 Å². The molecule has 116 valence electrons. The van der Waals surface area contributed by atoms with Crippen LogP contribution in [-0.4, -0.2) is 64.0 Å². The molecule has 1 atom stereocenters. The molecule has 0 unspecified atom stereocenters. The minimum Gasteiger partial charge on any atom is -0.396 e. The molecule has 2 N–H and O–H groups in total. The second-order valence-corrected chi connectivity index (χ2v) is 5.29. The Morgan fingerprint density at radius 3 is 2.91 bits per heavy atom. The van der Waals surface area contributed by atoms with Gasteiger partial charge in [0.2, 0.25) is 0 Å². The fourth-order valence-corrected chi connectivity index (χ4v) is 2.47. The molecular formula is C15H18N4O3. The number of H-pyrrole nitrogens is 1. The van der Waals surface area contributed by atoms with Gasteiger partial charge in [-0.2, -0.15) is 5.10 Å². The molecule has 1 aliphatic rings. The Balaban J connectivity index is 1.74. The van der Waals surface area contributed by atoms with Gasteiger partial charge in [-0.25, -0.2) is 4.98 Å². The van der Waals surface area contributed by atoms with Crippen molar-refractivity contribution in [2.75, 3.05) is 32.9 Å². The number of rotatable bonds is 3. The molecule has 0 aliphatic carbocycles. The fourth-order valence-electron chi connectivity index (χ4n) is 2.47. The molecule has 1 fully saturated rings. The van der Waals surface area contributed by atoms with E-state index in [1.165, 1.54) is 6.33 Å². The lowest BCUT2D eigenvalue weighted by atomic mass is 10.1. The summed E-state index contributed by atoms with van der Waals surface area (Å²) in [6, 6.07) is 7.23. The van der Waals surface area contributed by atoms with E-state index < -0.39 is 0 Å². The summed E-state index contributed by atoms with van der Waals surface area (Å²) in [6.07, 6.45) is 1.45. The van der Waals surface area contributed by atoms with Crippen molar-refractivity contribution in [3.05, 3.63) is 36.2 Å². The summed E-state index contributed by atoms with van der Waals surface area (Å²) in [5.74, 6) is 0.593. The number of hydrogen-bond donors (Lipinski definition) is 2. The van der Waals surface area contributed by atoms with Crippen molar-refractivity contribution >= 4 is 5.91 Å². The van der Waals surface area contributed by atoms with Crippen LogP contribution in [0.4, 0.5) is 0 Å². The lowest BCUT2D eigenvalue weighted by Gasteiger charge is -2.22. The zero-order chi connectivity index (χ0) is 15.4. The van der Waals surface area contributed by atoms with Crippen LogP contribution in [0.1, 0.15) is 10.4 Å². The molecule has 0 bridgehead atoms. The maximum absolute atomic E-state index is 12.6. The Labute approximate surface area is 127 Å². The Morgan fingerprint density at radius 1 is 1.41 bits per heavy atom. The highest BCUT2D eigenvalue weighted by molar-refractivity contribution is 5.94. The van der Waals surface area contributed by atoms with Gasteiger partial charge >= 0.3 is 0 Å². The third-order valence-electron chi connectivity index (χ3n) is 3.70. The number of aromatic amines is 1. The highest BCUT2D eigenvalue weighted by atomic mass is 16.5. The molecule has 0 saturated carbocycles. The first kappa shape index (κ1) is 14.7. The number of carbonyl (C=O) groups is 1. The molecule has 1 aromatic heterocycles. The summed E-state index contributed by atoms with van der Waals surface area (Å²) in [4.78, 5) is 18.4. The van der Waals surface area contributed by atoms with E-state index in [1.54, 1.807) is 17.0 Å². The SMILES string of the molecule is O=C(c1ccc(-c2ncn[nH]2)cc1)N1CCOC[C@H](CO)C1. The Kier molecular flexibility index (Phi) is 4.45. The summed E-state index contributed by atoms with van der Waals surface area (Å²) in [5.41, 5.74) is 1.49. The monoisotopic (exact) mass is 302 g/mol. The maximum Gasteiger partial charge on any atom is 0.253 e. The third kappa shape index (κ3) is 3.15. The molecule has 3 rings (SSSR count). The molecule has 22 heavy (non-hydrogen) atoms. The zero-order valence-electron chi connectivity index (χ0n) is 12.1. The van der Waals surface area contributed by atoms with Gasteiger partial charge in [0, 0.05) is 36.7 Å². The smallest absolute Gasteiger partial charge is 0.253 e. The quantitative estimate of drug-likeness (QED) is 0.864. The number of carbonyl (C=O) groups excluding carboxylic acids is 1. The van der Waals surface area contributed by atoms with Crippen molar-refractivity contribution in [2.24, 2.45) is 5.92 Å². The van der Waals surface area contributed by atoms with E-state index >= 15 is 0 Å². The predicted molar refractivity (Wildman–Crippen MR) is 79.1 cm³/mol. The minimum absolute atomic E-state index is 0.0220. The highest BCUT2D eigenvalue weighted by Gasteiger charge is 2.23. The molecule has 1 amide bonds. The molecule has 1 saturated heterocycles. The van der Waals surface area contributed by atoms with Crippen LogP contribution in [0, 0.1) is 5.92 Å². The van der Waals surface area contributed by atoms with Gasteiger partial charge in [-0.15, -0.1) is 0 Å². The topological polar surface area (TPSA) is 91.3 Å². The molecule has 7 nitrogen and oxygen atoms in total. The van der Waals surface area contributed by atoms with E-state index in [1.807, 2.05) is 12.1 Å². The number of aliphatic hydroxyl groups excluding tert-OH is 1. The number of amides is 1.